The molecule has 2 atom stereocenters. The lowest BCUT2D eigenvalue weighted by Gasteiger charge is -2.22. The molecule has 110 valence electrons. The average Bonchev–Trinajstić information content (AvgIpc) is 2.77. The van der Waals surface area contributed by atoms with Crippen LogP contribution in [0.3, 0.4) is 0 Å². The number of carbonyl (C=O) groups is 1. The number of pyridine rings is 1. The topological polar surface area (TPSA) is 42.0 Å². The van der Waals surface area contributed by atoms with Gasteiger partial charge in [-0.15, -0.1) is 0 Å². The standard InChI is InChI=1S/C18H22N2O/c1-11(2)8-17-15(10-18(21)20-17)14-9-12(3)19-16-7-5-4-6-13(14)16/h4-7,9,11,15,17H,8,10H2,1-3H3,(H,20,21). The fourth-order valence-corrected chi connectivity index (χ4v) is 3.41. The van der Waals surface area contributed by atoms with Gasteiger partial charge in [-0.05, 0) is 37.0 Å². The van der Waals surface area contributed by atoms with Gasteiger partial charge in [0.2, 0.25) is 5.91 Å². The van der Waals surface area contributed by atoms with Crippen molar-refractivity contribution < 1.29 is 4.79 Å². The van der Waals surface area contributed by atoms with Crippen molar-refractivity contribution in [1.82, 2.24) is 10.3 Å². The van der Waals surface area contributed by atoms with Crippen LogP contribution in [0.15, 0.2) is 30.3 Å². The molecule has 3 nitrogen and oxygen atoms in total. The molecule has 0 radical (unpaired) electrons. The summed E-state index contributed by atoms with van der Waals surface area (Å²) in [5.74, 6) is 1.00. The van der Waals surface area contributed by atoms with Crippen LogP contribution in [0.1, 0.15) is 43.9 Å². The van der Waals surface area contributed by atoms with Gasteiger partial charge in [0.25, 0.3) is 0 Å². The Morgan fingerprint density at radius 1 is 1.33 bits per heavy atom. The van der Waals surface area contributed by atoms with Crippen molar-refractivity contribution >= 4 is 16.8 Å². The van der Waals surface area contributed by atoms with Crippen LogP contribution < -0.4 is 5.32 Å². The van der Waals surface area contributed by atoms with Crippen molar-refractivity contribution in [1.29, 1.82) is 0 Å². The van der Waals surface area contributed by atoms with E-state index < -0.39 is 0 Å². The molecule has 0 aliphatic carbocycles. The summed E-state index contributed by atoms with van der Waals surface area (Å²) in [4.78, 5) is 16.5. The molecule has 2 unspecified atom stereocenters. The second-order valence-corrected chi connectivity index (χ2v) is 6.48. The first-order chi connectivity index (χ1) is 10.0. The summed E-state index contributed by atoms with van der Waals surface area (Å²) in [5, 5.41) is 4.34. The number of carbonyl (C=O) groups excluding carboxylic acids is 1. The van der Waals surface area contributed by atoms with Gasteiger partial charge in [0.15, 0.2) is 0 Å². The first-order valence-electron chi connectivity index (χ1n) is 7.70. The minimum Gasteiger partial charge on any atom is -0.353 e. The molecule has 1 amide bonds. The second-order valence-electron chi connectivity index (χ2n) is 6.48. The number of aryl methyl sites for hydroxylation is 1. The Hall–Kier alpha value is -1.90. The van der Waals surface area contributed by atoms with Crippen molar-refractivity contribution in [2.75, 3.05) is 0 Å². The van der Waals surface area contributed by atoms with E-state index in [9.17, 15) is 4.79 Å². The van der Waals surface area contributed by atoms with Crippen LogP contribution in [-0.4, -0.2) is 16.9 Å². The summed E-state index contributed by atoms with van der Waals surface area (Å²) >= 11 is 0. The van der Waals surface area contributed by atoms with E-state index in [0.717, 1.165) is 17.6 Å². The van der Waals surface area contributed by atoms with E-state index in [1.165, 1.54) is 10.9 Å². The molecule has 2 heterocycles. The van der Waals surface area contributed by atoms with Crippen LogP contribution >= 0.6 is 0 Å². The van der Waals surface area contributed by atoms with Crippen LogP contribution in [0.4, 0.5) is 0 Å². The summed E-state index contributed by atoms with van der Waals surface area (Å²) in [6.45, 7) is 6.44. The van der Waals surface area contributed by atoms with E-state index in [1.54, 1.807) is 0 Å². The molecule has 1 saturated heterocycles. The molecular formula is C18H22N2O. The number of aromatic nitrogens is 1. The summed E-state index contributed by atoms with van der Waals surface area (Å²) in [6, 6.07) is 10.6. The molecule has 1 N–H and O–H groups in total. The summed E-state index contributed by atoms with van der Waals surface area (Å²) in [7, 11) is 0. The van der Waals surface area contributed by atoms with Crippen molar-refractivity contribution in [3.63, 3.8) is 0 Å². The highest BCUT2D eigenvalue weighted by Crippen LogP contribution is 2.35. The van der Waals surface area contributed by atoms with Crippen molar-refractivity contribution in [3.8, 4) is 0 Å². The second kappa shape index (κ2) is 5.47. The number of rotatable bonds is 3. The maximum atomic E-state index is 11.9. The molecule has 0 bridgehead atoms. The molecule has 1 aromatic carbocycles. The van der Waals surface area contributed by atoms with E-state index >= 15 is 0 Å². The van der Waals surface area contributed by atoms with Gasteiger partial charge in [-0.25, -0.2) is 0 Å². The average molecular weight is 282 g/mol. The lowest BCUT2D eigenvalue weighted by atomic mass is 9.85. The molecule has 1 aliphatic rings. The minimum atomic E-state index is 0.171. The number of hydrogen-bond donors (Lipinski definition) is 1. The molecule has 1 fully saturated rings. The van der Waals surface area contributed by atoms with Crippen LogP contribution in [0.25, 0.3) is 10.9 Å². The molecule has 1 aliphatic heterocycles. The maximum absolute atomic E-state index is 11.9. The van der Waals surface area contributed by atoms with Crippen LogP contribution in [0.2, 0.25) is 0 Å². The highest BCUT2D eigenvalue weighted by molar-refractivity contribution is 5.86. The predicted octanol–water partition coefficient (Wildman–Crippen LogP) is 3.56. The third-order valence-electron chi connectivity index (χ3n) is 4.24. The summed E-state index contributed by atoms with van der Waals surface area (Å²) in [6.07, 6.45) is 1.61. The molecule has 0 saturated carbocycles. The van der Waals surface area contributed by atoms with E-state index in [2.05, 4.69) is 36.3 Å². The number of nitrogens with zero attached hydrogens (tertiary/aromatic N) is 1. The van der Waals surface area contributed by atoms with E-state index in [4.69, 9.17) is 0 Å². The number of amides is 1. The maximum Gasteiger partial charge on any atom is 0.220 e. The predicted molar refractivity (Wildman–Crippen MR) is 85.2 cm³/mol. The first-order valence-corrected chi connectivity index (χ1v) is 7.70. The van der Waals surface area contributed by atoms with Crippen LogP contribution in [-0.2, 0) is 4.79 Å². The molecule has 3 heteroatoms. The molecular weight excluding hydrogens is 260 g/mol. The molecule has 3 rings (SSSR count). The van der Waals surface area contributed by atoms with Gasteiger partial charge < -0.3 is 5.32 Å². The highest BCUT2D eigenvalue weighted by atomic mass is 16.2. The monoisotopic (exact) mass is 282 g/mol. The van der Waals surface area contributed by atoms with Gasteiger partial charge >= 0.3 is 0 Å². The Labute approximate surface area is 125 Å². The van der Waals surface area contributed by atoms with Crippen molar-refractivity contribution in [3.05, 3.63) is 41.6 Å². The number of fused-ring (bicyclic) bond motifs is 1. The van der Waals surface area contributed by atoms with Gasteiger partial charge in [0, 0.05) is 29.5 Å². The Morgan fingerprint density at radius 3 is 2.86 bits per heavy atom. The zero-order chi connectivity index (χ0) is 15.0. The quantitative estimate of drug-likeness (QED) is 0.935. The summed E-state index contributed by atoms with van der Waals surface area (Å²) in [5.41, 5.74) is 3.31. The zero-order valence-electron chi connectivity index (χ0n) is 12.9. The minimum absolute atomic E-state index is 0.171. The lowest BCUT2D eigenvalue weighted by molar-refractivity contribution is -0.119. The fraction of sp³-hybridized carbons (Fsp3) is 0.444. The van der Waals surface area contributed by atoms with Gasteiger partial charge in [0.1, 0.15) is 0 Å². The number of benzene rings is 1. The lowest BCUT2D eigenvalue weighted by Crippen LogP contribution is -2.29. The van der Waals surface area contributed by atoms with E-state index in [1.807, 2.05) is 25.1 Å². The Balaban J connectivity index is 2.08. The first kappa shape index (κ1) is 14.1. The smallest absolute Gasteiger partial charge is 0.220 e. The Bertz CT molecular complexity index is 678. The van der Waals surface area contributed by atoms with Gasteiger partial charge in [-0.1, -0.05) is 32.0 Å². The third-order valence-corrected chi connectivity index (χ3v) is 4.24. The van der Waals surface area contributed by atoms with Crippen molar-refractivity contribution in [2.45, 2.75) is 45.6 Å². The third kappa shape index (κ3) is 2.78. The van der Waals surface area contributed by atoms with Gasteiger partial charge in [0.05, 0.1) is 5.52 Å². The fourth-order valence-electron chi connectivity index (χ4n) is 3.41. The molecule has 21 heavy (non-hydrogen) atoms. The van der Waals surface area contributed by atoms with E-state index in [-0.39, 0.29) is 17.9 Å². The van der Waals surface area contributed by atoms with Crippen molar-refractivity contribution in [2.24, 2.45) is 5.92 Å². The number of nitrogens with one attached hydrogen (secondary N) is 1. The number of para-hydroxylation sites is 1. The Morgan fingerprint density at radius 2 is 2.10 bits per heavy atom. The molecule has 2 aromatic rings. The van der Waals surface area contributed by atoms with E-state index in [0.29, 0.717) is 12.3 Å². The summed E-state index contributed by atoms with van der Waals surface area (Å²) < 4.78 is 0. The number of hydrogen-bond acceptors (Lipinski definition) is 2. The zero-order valence-corrected chi connectivity index (χ0v) is 12.9. The highest BCUT2D eigenvalue weighted by Gasteiger charge is 2.34. The van der Waals surface area contributed by atoms with Gasteiger partial charge in [-0.3, -0.25) is 9.78 Å². The van der Waals surface area contributed by atoms with Crippen LogP contribution in [0, 0.1) is 12.8 Å². The molecule has 1 aromatic heterocycles. The van der Waals surface area contributed by atoms with Crippen LogP contribution in [0.5, 0.6) is 0 Å². The normalized spacial score (nSPS) is 22.0. The Kier molecular flexibility index (Phi) is 3.66. The largest absolute Gasteiger partial charge is 0.353 e. The van der Waals surface area contributed by atoms with Gasteiger partial charge in [-0.2, -0.15) is 0 Å². The molecule has 0 spiro atoms. The SMILES string of the molecule is Cc1cc(C2CC(=O)NC2CC(C)C)c2ccccc2n1.